The lowest BCUT2D eigenvalue weighted by molar-refractivity contribution is -0.139. The molecular formula is C20H25F3N2O2. The summed E-state index contributed by atoms with van der Waals surface area (Å²) in [7, 11) is 0. The molecule has 0 bridgehead atoms. The molecule has 0 saturated carbocycles. The number of benzene rings is 1. The third-order valence-corrected chi connectivity index (χ3v) is 4.70. The fourth-order valence-corrected chi connectivity index (χ4v) is 2.85. The van der Waals surface area contributed by atoms with Crippen LogP contribution in [0.15, 0.2) is 35.9 Å². The summed E-state index contributed by atoms with van der Waals surface area (Å²) in [6.45, 7) is 3.33. The number of halogens is 3. The average Bonchev–Trinajstić information content (AvgIpc) is 2.62. The second kappa shape index (κ2) is 8.59. The van der Waals surface area contributed by atoms with Gasteiger partial charge in [-0.1, -0.05) is 17.7 Å². The molecule has 7 heteroatoms. The standard InChI is InChI=1S/C20H25F3N2O2/c1-19(2,17(26)24-12-11-14-7-4-3-5-8-14)18(27)25-16-10-6-9-15(13-16)20(21,22)23/h6-7,9-10,13H,3-5,8,11-12H2,1-2H3,(H,24,26)(H,25,27). The highest BCUT2D eigenvalue weighted by Crippen LogP contribution is 2.31. The van der Waals surface area contributed by atoms with E-state index in [0.717, 1.165) is 37.8 Å². The van der Waals surface area contributed by atoms with Crippen LogP contribution < -0.4 is 10.6 Å². The summed E-state index contributed by atoms with van der Waals surface area (Å²) in [5.74, 6) is -1.11. The number of allylic oxidation sites excluding steroid dienone is 1. The molecule has 2 amide bonds. The molecule has 4 nitrogen and oxygen atoms in total. The van der Waals surface area contributed by atoms with Crippen molar-refractivity contribution in [3.05, 3.63) is 41.5 Å². The largest absolute Gasteiger partial charge is 0.416 e. The molecular weight excluding hydrogens is 357 g/mol. The molecule has 0 unspecified atom stereocenters. The van der Waals surface area contributed by atoms with E-state index in [9.17, 15) is 22.8 Å². The fraction of sp³-hybridized carbons (Fsp3) is 0.500. The van der Waals surface area contributed by atoms with E-state index in [1.165, 1.54) is 38.0 Å². The molecule has 1 aliphatic rings. The summed E-state index contributed by atoms with van der Waals surface area (Å²) >= 11 is 0. The van der Waals surface area contributed by atoms with Crippen molar-refractivity contribution in [1.82, 2.24) is 5.32 Å². The molecule has 0 spiro atoms. The van der Waals surface area contributed by atoms with Gasteiger partial charge in [0.15, 0.2) is 0 Å². The van der Waals surface area contributed by atoms with Crippen LogP contribution in [-0.4, -0.2) is 18.4 Å². The molecule has 2 rings (SSSR count). The number of hydrogen-bond acceptors (Lipinski definition) is 2. The predicted octanol–water partition coefficient (Wildman–Crippen LogP) is 4.68. The van der Waals surface area contributed by atoms with Gasteiger partial charge in [0.1, 0.15) is 5.41 Å². The highest BCUT2D eigenvalue weighted by Gasteiger charge is 2.36. The zero-order valence-corrected chi connectivity index (χ0v) is 15.6. The van der Waals surface area contributed by atoms with E-state index in [1.54, 1.807) is 0 Å². The topological polar surface area (TPSA) is 58.2 Å². The van der Waals surface area contributed by atoms with Gasteiger partial charge in [0.05, 0.1) is 5.56 Å². The zero-order valence-electron chi connectivity index (χ0n) is 15.6. The Morgan fingerprint density at radius 1 is 1.11 bits per heavy atom. The van der Waals surface area contributed by atoms with Crippen LogP contribution in [0.4, 0.5) is 18.9 Å². The molecule has 1 aromatic rings. The van der Waals surface area contributed by atoms with Crippen LogP contribution in [0.25, 0.3) is 0 Å². The maximum Gasteiger partial charge on any atom is 0.416 e. The highest BCUT2D eigenvalue weighted by molar-refractivity contribution is 6.09. The predicted molar refractivity (Wildman–Crippen MR) is 98.0 cm³/mol. The van der Waals surface area contributed by atoms with Crippen molar-refractivity contribution in [2.24, 2.45) is 5.41 Å². The van der Waals surface area contributed by atoms with Gasteiger partial charge in [-0.25, -0.2) is 0 Å². The van der Waals surface area contributed by atoms with Gasteiger partial charge in [-0.15, -0.1) is 0 Å². The first-order chi connectivity index (χ1) is 12.6. The van der Waals surface area contributed by atoms with Gasteiger partial charge in [0, 0.05) is 12.2 Å². The van der Waals surface area contributed by atoms with E-state index >= 15 is 0 Å². The summed E-state index contributed by atoms with van der Waals surface area (Å²) in [5, 5.41) is 5.16. The Morgan fingerprint density at radius 2 is 1.85 bits per heavy atom. The maximum atomic E-state index is 12.8. The van der Waals surface area contributed by atoms with E-state index in [-0.39, 0.29) is 5.69 Å². The molecule has 0 atom stereocenters. The summed E-state index contributed by atoms with van der Waals surface area (Å²) in [4.78, 5) is 24.8. The number of hydrogen-bond donors (Lipinski definition) is 2. The Labute approximate surface area is 157 Å². The molecule has 2 N–H and O–H groups in total. The molecule has 0 radical (unpaired) electrons. The molecule has 27 heavy (non-hydrogen) atoms. The van der Waals surface area contributed by atoms with Gasteiger partial charge in [-0.3, -0.25) is 9.59 Å². The number of anilines is 1. The van der Waals surface area contributed by atoms with Crippen molar-refractivity contribution in [2.75, 3.05) is 11.9 Å². The second-order valence-electron chi connectivity index (χ2n) is 7.27. The molecule has 0 fully saturated rings. The first kappa shape index (κ1) is 21.0. The van der Waals surface area contributed by atoms with Gasteiger partial charge < -0.3 is 10.6 Å². The van der Waals surface area contributed by atoms with Crippen LogP contribution in [-0.2, 0) is 15.8 Å². The van der Waals surface area contributed by atoms with Gasteiger partial charge in [0.2, 0.25) is 11.8 Å². The fourth-order valence-electron chi connectivity index (χ4n) is 2.85. The molecule has 148 valence electrons. The third-order valence-electron chi connectivity index (χ3n) is 4.70. The minimum Gasteiger partial charge on any atom is -0.355 e. The molecule has 0 aliphatic heterocycles. The van der Waals surface area contributed by atoms with Gasteiger partial charge in [-0.2, -0.15) is 13.2 Å². The van der Waals surface area contributed by atoms with Crippen LogP contribution >= 0.6 is 0 Å². The van der Waals surface area contributed by atoms with E-state index in [1.807, 2.05) is 0 Å². The third kappa shape index (κ3) is 5.84. The van der Waals surface area contributed by atoms with Crippen LogP contribution in [0.5, 0.6) is 0 Å². The van der Waals surface area contributed by atoms with Crippen molar-refractivity contribution in [1.29, 1.82) is 0 Å². The van der Waals surface area contributed by atoms with Crippen LogP contribution in [0.2, 0.25) is 0 Å². The normalized spacial score (nSPS) is 15.1. The van der Waals surface area contributed by atoms with Gasteiger partial charge in [-0.05, 0) is 64.2 Å². The summed E-state index contributed by atoms with van der Waals surface area (Å²) in [5.41, 5.74) is -0.950. The minimum atomic E-state index is -4.50. The Kier molecular flexibility index (Phi) is 6.68. The van der Waals surface area contributed by atoms with Crippen molar-refractivity contribution in [2.45, 2.75) is 52.1 Å². The van der Waals surface area contributed by atoms with E-state index in [2.05, 4.69) is 16.7 Å². The molecule has 1 aromatic carbocycles. The minimum absolute atomic E-state index is 0.00283. The Bertz CT molecular complexity index is 724. The first-order valence-corrected chi connectivity index (χ1v) is 9.05. The van der Waals surface area contributed by atoms with Crippen LogP contribution in [0.1, 0.15) is 51.5 Å². The van der Waals surface area contributed by atoms with E-state index in [0.29, 0.717) is 6.54 Å². The highest BCUT2D eigenvalue weighted by atomic mass is 19.4. The lowest BCUT2D eigenvalue weighted by atomic mass is 9.90. The number of rotatable bonds is 6. The lowest BCUT2D eigenvalue weighted by Gasteiger charge is -2.23. The number of alkyl halides is 3. The van der Waals surface area contributed by atoms with E-state index < -0.39 is 29.0 Å². The molecule has 0 aromatic heterocycles. The SMILES string of the molecule is CC(C)(C(=O)NCCC1=CCCCC1)C(=O)Nc1cccc(C(F)(F)F)c1. The first-order valence-electron chi connectivity index (χ1n) is 9.05. The Balaban J connectivity index is 1.93. The average molecular weight is 382 g/mol. The number of nitrogens with one attached hydrogen (secondary N) is 2. The zero-order chi connectivity index (χ0) is 20.1. The molecule has 0 heterocycles. The second-order valence-corrected chi connectivity index (χ2v) is 7.27. The number of carbonyl (C=O) groups is 2. The summed E-state index contributed by atoms with van der Waals surface area (Å²) in [6, 6.07) is 4.34. The number of carbonyl (C=O) groups excluding carboxylic acids is 2. The quantitative estimate of drug-likeness (QED) is 0.555. The van der Waals surface area contributed by atoms with Crippen molar-refractivity contribution >= 4 is 17.5 Å². The Morgan fingerprint density at radius 3 is 2.48 bits per heavy atom. The van der Waals surface area contributed by atoms with Crippen LogP contribution in [0.3, 0.4) is 0 Å². The Hall–Kier alpha value is -2.31. The van der Waals surface area contributed by atoms with Gasteiger partial charge in [0.25, 0.3) is 0 Å². The van der Waals surface area contributed by atoms with Crippen molar-refractivity contribution in [3.8, 4) is 0 Å². The van der Waals surface area contributed by atoms with Gasteiger partial charge >= 0.3 is 6.18 Å². The molecule has 0 saturated heterocycles. The van der Waals surface area contributed by atoms with Crippen molar-refractivity contribution in [3.63, 3.8) is 0 Å². The molecule has 1 aliphatic carbocycles. The summed E-state index contributed by atoms with van der Waals surface area (Å²) in [6.07, 6.45) is 2.90. The van der Waals surface area contributed by atoms with E-state index in [4.69, 9.17) is 0 Å². The summed E-state index contributed by atoms with van der Waals surface area (Å²) < 4.78 is 38.3. The maximum absolute atomic E-state index is 12.8. The monoisotopic (exact) mass is 382 g/mol. The van der Waals surface area contributed by atoms with Crippen LogP contribution in [0, 0.1) is 5.41 Å². The van der Waals surface area contributed by atoms with Crippen molar-refractivity contribution < 1.29 is 22.8 Å². The lowest BCUT2D eigenvalue weighted by Crippen LogP contribution is -2.45. The smallest absolute Gasteiger partial charge is 0.355 e. The number of amides is 2.